The van der Waals surface area contributed by atoms with Crippen LogP contribution in [0, 0.1) is 0 Å². The number of hydrogen-bond acceptors (Lipinski definition) is 3. The van der Waals surface area contributed by atoms with Crippen molar-refractivity contribution < 1.29 is 0 Å². The molecule has 0 spiro atoms. The third kappa shape index (κ3) is 3.63. The fourth-order valence-corrected chi connectivity index (χ4v) is 5.82. The number of hydrogen-bond donors (Lipinski definition) is 0. The molecule has 2 heterocycles. The van der Waals surface area contributed by atoms with E-state index in [0.717, 1.165) is 45.2 Å². The Balaban J connectivity index is 1.32. The smallest absolute Gasteiger partial charge is 0.161 e. The summed E-state index contributed by atoms with van der Waals surface area (Å²) in [7, 11) is 0. The Kier molecular flexibility index (Phi) is 5.14. The molecule has 0 N–H and O–H groups in total. The van der Waals surface area contributed by atoms with Crippen molar-refractivity contribution in [3.8, 4) is 67.4 Å². The summed E-state index contributed by atoms with van der Waals surface area (Å²) in [6.07, 6.45) is 1.82. The molecule has 0 aliphatic heterocycles. The molecule has 3 heteroatoms. The Morgan fingerprint density at radius 1 is 0.375 bits per heavy atom. The van der Waals surface area contributed by atoms with Gasteiger partial charge in [0.1, 0.15) is 0 Å². The van der Waals surface area contributed by atoms with Gasteiger partial charge < -0.3 is 0 Å². The van der Waals surface area contributed by atoms with E-state index < -0.39 is 0 Å². The number of fused-ring (bicyclic) bond motifs is 3. The molecular formula is C37H23N3. The van der Waals surface area contributed by atoms with Gasteiger partial charge in [0.2, 0.25) is 0 Å². The van der Waals surface area contributed by atoms with Crippen molar-refractivity contribution in [2.45, 2.75) is 0 Å². The third-order valence-corrected chi connectivity index (χ3v) is 7.73. The van der Waals surface area contributed by atoms with Crippen molar-refractivity contribution in [2.75, 3.05) is 0 Å². The average Bonchev–Trinajstić information content (AvgIpc) is 3.37. The van der Waals surface area contributed by atoms with Crippen LogP contribution in [0.5, 0.6) is 0 Å². The first-order chi connectivity index (χ1) is 19.8. The Morgan fingerprint density at radius 3 is 1.65 bits per heavy atom. The Labute approximate surface area is 232 Å². The quantitative estimate of drug-likeness (QED) is 0.237. The van der Waals surface area contributed by atoms with Gasteiger partial charge >= 0.3 is 0 Å². The van der Waals surface area contributed by atoms with Crippen LogP contribution in [0.25, 0.3) is 78.2 Å². The Bertz CT molecular complexity index is 2000. The molecule has 0 bridgehead atoms. The molecule has 1 aliphatic carbocycles. The SMILES string of the molecule is c1ccc(-c2cc(-c3ccc(-c4ccccn4)cc3)nc(-c3ccc4c5c(cccc35)-c3ccccc3-4)n2)cc1. The summed E-state index contributed by atoms with van der Waals surface area (Å²) in [5.41, 5.74) is 12.1. The van der Waals surface area contributed by atoms with E-state index in [-0.39, 0.29) is 0 Å². The molecule has 5 aromatic carbocycles. The maximum absolute atomic E-state index is 5.15. The van der Waals surface area contributed by atoms with Gasteiger partial charge in [0.15, 0.2) is 5.82 Å². The van der Waals surface area contributed by atoms with Crippen molar-refractivity contribution in [3.05, 3.63) is 140 Å². The molecule has 1 aliphatic rings. The minimum atomic E-state index is 0.727. The lowest BCUT2D eigenvalue weighted by molar-refractivity contribution is 1.19. The first-order valence-corrected chi connectivity index (χ1v) is 13.5. The minimum absolute atomic E-state index is 0.727. The van der Waals surface area contributed by atoms with E-state index in [1.165, 1.54) is 33.0 Å². The number of rotatable bonds is 4. The first kappa shape index (κ1) is 22.6. The number of pyridine rings is 1. The van der Waals surface area contributed by atoms with Crippen molar-refractivity contribution in [3.63, 3.8) is 0 Å². The Hall–Kier alpha value is -5.41. The predicted molar refractivity (Wildman–Crippen MR) is 164 cm³/mol. The zero-order chi connectivity index (χ0) is 26.5. The van der Waals surface area contributed by atoms with E-state index in [0.29, 0.717) is 0 Å². The first-order valence-electron chi connectivity index (χ1n) is 13.5. The fourth-order valence-electron chi connectivity index (χ4n) is 5.82. The van der Waals surface area contributed by atoms with Crippen molar-refractivity contribution in [1.82, 2.24) is 15.0 Å². The van der Waals surface area contributed by atoms with Crippen LogP contribution in [0.4, 0.5) is 0 Å². The highest BCUT2D eigenvalue weighted by Crippen LogP contribution is 2.49. The van der Waals surface area contributed by atoms with Crippen LogP contribution in [-0.4, -0.2) is 15.0 Å². The van der Waals surface area contributed by atoms with E-state index in [4.69, 9.17) is 9.97 Å². The largest absolute Gasteiger partial charge is 0.256 e. The second kappa shape index (κ2) is 9.11. The Morgan fingerprint density at radius 2 is 0.950 bits per heavy atom. The van der Waals surface area contributed by atoms with E-state index in [2.05, 4.69) is 114 Å². The molecule has 2 aromatic heterocycles. The lowest BCUT2D eigenvalue weighted by Gasteiger charge is -2.12. The maximum atomic E-state index is 5.15. The van der Waals surface area contributed by atoms with Crippen molar-refractivity contribution in [2.24, 2.45) is 0 Å². The molecule has 8 rings (SSSR count). The highest BCUT2D eigenvalue weighted by molar-refractivity contribution is 6.18. The van der Waals surface area contributed by atoms with Gasteiger partial charge in [-0.05, 0) is 57.3 Å². The molecule has 7 aromatic rings. The van der Waals surface area contributed by atoms with Crippen LogP contribution in [0.2, 0.25) is 0 Å². The van der Waals surface area contributed by atoms with Gasteiger partial charge in [-0.15, -0.1) is 0 Å². The molecule has 186 valence electrons. The summed E-state index contributed by atoms with van der Waals surface area (Å²) in [6.45, 7) is 0. The summed E-state index contributed by atoms with van der Waals surface area (Å²) in [4.78, 5) is 14.8. The summed E-state index contributed by atoms with van der Waals surface area (Å²) < 4.78 is 0. The normalized spacial score (nSPS) is 11.5. The second-order valence-electron chi connectivity index (χ2n) is 10.1. The van der Waals surface area contributed by atoms with Crippen LogP contribution in [0.1, 0.15) is 0 Å². The minimum Gasteiger partial charge on any atom is -0.256 e. The van der Waals surface area contributed by atoms with E-state index >= 15 is 0 Å². The molecule has 40 heavy (non-hydrogen) atoms. The molecule has 0 saturated heterocycles. The number of benzene rings is 5. The lowest BCUT2D eigenvalue weighted by atomic mass is 9.97. The third-order valence-electron chi connectivity index (χ3n) is 7.73. The van der Waals surface area contributed by atoms with Gasteiger partial charge in [-0.1, -0.05) is 109 Å². The molecule has 0 amide bonds. The standard InChI is InChI=1S/C37H23N3/c1-2-9-24(10-3-1)34-23-35(26-18-16-25(17-19-26)33-15-6-7-22-38-33)40-37(39-34)32-21-20-31-28-12-5-4-11-27(28)29-13-8-14-30(32)36(29)31/h1-23H. The van der Waals surface area contributed by atoms with Crippen molar-refractivity contribution in [1.29, 1.82) is 0 Å². The highest BCUT2D eigenvalue weighted by Gasteiger charge is 2.23. The van der Waals surface area contributed by atoms with Crippen LogP contribution in [0.15, 0.2) is 140 Å². The average molecular weight is 510 g/mol. The number of nitrogens with zero attached hydrogens (tertiary/aromatic N) is 3. The van der Waals surface area contributed by atoms with Crippen LogP contribution in [0.3, 0.4) is 0 Å². The van der Waals surface area contributed by atoms with Gasteiger partial charge in [-0.2, -0.15) is 0 Å². The molecule has 0 saturated carbocycles. The summed E-state index contributed by atoms with van der Waals surface area (Å²) >= 11 is 0. The summed E-state index contributed by atoms with van der Waals surface area (Å²) in [5, 5.41) is 2.45. The van der Waals surface area contributed by atoms with E-state index in [1.807, 2.05) is 30.5 Å². The van der Waals surface area contributed by atoms with Gasteiger partial charge in [-0.25, -0.2) is 9.97 Å². The zero-order valence-corrected chi connectivity index (χ0v) is 21.6. The lowest BCUT2D eigenvalue weighted by Crippen LogP contribution is -1.97. The molecular weight excluding hydrogens is 486 g/mol. The highest BCUT2D eigenvalue weighted by atomic mass is 14.9. The van der Waals surface area contributed by atoms with E-state index in [1.54, 1.807) is 0 Å². The van der Waals surface area contributed by atoms with Gasteiger partial charge in [-0.3, -0.25) is 4.98 Å². The van der Waals surface area contributed by atoms with E-state index in [9.17, 15) is 0 Å². The summed E-state index contributed by atoms with van der Waals surface area (Å²) in [6, 6.07) is 46.5. The fraction of sp³-hybridized carbons (Fsp3) is 0. The maximum Gasteiger partial charge on any atom is 0.161 e. The summed E-state index contributed by atoms with van der Waals surface area (Å²) in [5.74, 6) is 0.727. The van der Waals surface area contributed by atoms with Crippen LogP contribution in [-0.2, 0) is 0 Å². The zero-order valence-electron chi connectivity index (χ0n) is 21.6. The monoisotopic (exact) mass is 509 g/mol. The molecule has 3 nitrogen and oxygen atoms in total. The van der Waals surface area contributed by atoms with Crippen molar-refractivity contribution >= 4 is 10.8 Å². The second-order valence-corrected chi connectivity index (χ2v) is 10.1. The molecule has 0 unspecified atom stereocenters. The van der Waals surface area contributed by atoms with Gasteiger partial charge in [0, 0.05) is 28.5 Å². The topological polar surface area (TPSA) is 38.7 Å². The predicted octanol–water partition coefficient (Wildman–Crippen LogP) is 9.34. The van der Waals surface area contributed by atoms with Gasteiger partial charge in [0.25, 0.3) is 0 Å². The molecule has 0 radical (unpaired) electrons. The molecule has 0 fully saturated rings. The van der Waals surface area contributed by atoms with Crippen LogP contribution >= 0.6 is 0 Å². The van der Waals surface area contributed by atoms with Gasteiger partial charge in [0.05, 0.1) is 17.1 Å². The van der Waals surface area contributed by atoms with Crippen LogP contribution < -0.4 is 0 Å². The molecule has 0 atom stereocenters. The number of aromatic nitrogens is 3.